The largest absolute Gasteiger partial charge is 0.459 e. The number of benzene rings is 2. The van der Waals surface area contributed by atoms with E-state index in [1.54, 1.807) is 24.4 Å². The van der Waals surface area contributed by atoms with Gasteiger partial charge in [-0.1, -0.05) is 37.3 Å². The summed E-state index contributed by atoms with van der Waals surface area (Å²) in [4.78, 5) is 16.8. The summed E-state index contributed by atoms with van der Waals surface area (Å²) in [5.74, 6) is 0.530. The second-order valence-electron chi connectivity index (χ2n) is 7.96. The van der Waals surface area contributed by atoms with Crippen molar-refractivity contribution in [3.8, 4) is 28.7 Å². The quantitative estimate of drug-likeness (QED) is 0.452. The van der Waals surface area contributed by atoms with Gasteiger partial charge in [0.05, 0.1) is 30.3 Å². The van der Waals surface area contributed by atoms with Crippen LogP contribution in [0.2, 0.25) is 0 Å². The van der Waals surface area contributed by atoms with Gasteiger partial charge in [0.15, 0.2) is 5.82 Å². The molecule has 1 N–H and O–H groups in total. The Morgan fingerprint density at radius 1 is 1.00 bits per heavy atom. The molecule has 0 spiro atoms. The molecule has 7 nitrogen and oxygen atoms in total. The Bertz CT molecular complexity index is 1210. The molecule has 0 atom stereocenters. The van der Waals surface area contributed by atoms with Crippen molar-refractivity contribution in [3.63, 3.8) is 0 Å². The highest BCUT2D eigenvalue weighted by Gasteiger charge is 2.26. The summed E-state index contributed by atoms with van der Waals surface area (Å²) < 4.78 is 31.0. The smallest absolute Gasteiger partial charge is 0.317 e. The predicted molar refractivity (Wildman–Crippen MR) is 120 cm³/mol. The zero-order valence-electron chi connectivity index (χ0n) is 18.1. The molecule has 2 aromatic heterocycles. The lowest BCUT2D eigenvalue weighted by Gasteiger charge is -2.25. The molecule has 0 radical (unpaired) electrons. The molecule has 168 valence electrons. The molecule has 2 aromatic carbocycles. The van der Waals surface area contributed by atoms with Crippen LogP contribution >= 0.6 is 0 Å². The third kappa shape index (κ3) is 4.92. The highest BCUT2D eigenvalue weighted by Crippen LogP contribution is 2.33. The average Bonchev–Trinajstić information content (AvgIpc) is 3.30. The number of hydrogen-bond donors (Lipinski definition) is 1. The minimum absolute atomic E-state index is 0.247. The van der Waals surface area contributed by atoms with Crippen LogP contribution in [0.4, 0.5) is 4.39 Å². The maximum atomic E-state index is 13.5. The summed E-state index contributed by atoms with van der Waals surface area (Å²) in [5, 5.41) is 0. The standard InChI is InChI=1S/C25H23FN4O3/c1-16-13-31-24(32-14-16)23-29-21(18-7-9-19(26)10-8-18)22(30-23)20-11-12-27-25(28-20)33-15-17-5-3-2-4-6-17/h2-12,16,24H,13-15H2,1H3,(H,29,30). The van der Waals surface area contributed by atoms with Crippen LogP contribution in [0.15, 0.2) is 66.9 Å². The number of nitrogens with one attached hydrogen (secondary N) is 1. The van der Waals surface area contributed by atoms with Gasteiger partial charge in [-0.25, -0.2) is 14.4 Å². The number of imidazole rings is 1. The summed E-state index contributed by atoms with van der Waals surface area (Å²) in [5.41, 5.74) is 3.61. The summed E-state index contributed by atoms with van der Waals surface area (Å²) in [6, 6.07) is 18.0. The van der Waals surface area contributed by atoms with Gasteiger partial charge in [0.1, 0.15) is 12.4 Å². The van der Waals surface area contributed by atoms with Crippen molar-refractivity contribution >= 4 is 0 Å². The zero-order valence-corrected chi connectivity index (χ0v) is 18.1. The molecule has 1 aliphatic heterocycles. The minimum atomic E-state index is -0.607. The second kappa shape index (κ2) is 9.48. The number of H-pyrrole nitrogens is 1. The Balaban J connectivity index is 1.47. The van der Waals surface area contributed by atoms with Gasteiger partial charge in [0.2, 0.25) is 6.29 Å². The number of nitrogens with zero attached hydrogens (tertiary/aromatic N) is 3. The van der Waals surface area contributed by atoms with Gasteiger partial charge in [0.25, 0.3) is 0 Å². The number of aromatic nitrogens is 4. The van der Waals surface area contributed by atoms with E-state index in [4.69, 9.17) is 19.2 Å². The van der Waals surface area contributed by atoms with E-state index in [9.17, 15) is 4.39 Å². The fourth-order valence-electron chi connectivity index (χ4n) is 3.53. The number of rotatable bonds is 6. The predicted octanol–water partition coefficient (Wildman–Crippen LogP) is 4.93. The first-order chi connectivity index (χ1) is 16.2. The molecule has 0 amide bonds. The first-order valence-corrected chi connectivity index (χ1v) is 10.7. The van der Waals surface area contributed by atoms with E-state index in [-0.39, 0.29) is 11.8 Å². The van der Waals surface area contributed by atoms with E-state index >= 15 is 0 Å². The Morgan fingerprint density at radius 3 is 2.52 bits per heavy atom. The van der Waals surface area contributed by atoms with Crippen molar-refractivity contribution in [2.24, 2.45) is 5.92 Å². The van der Waals surface area contributed by atoms with Gasteiger partial charge in [-0.05, 0) is 35.9 Å². The molecule has 5 rings (SSSR count). The molecular formula is C25H23FN4O3. The van der Waals surface area contributed by atoms with Crippen LogP contribution in [0.1, 0.15) is 24.6 Å². The van der Waals surface area contributed by atoms with E-state index in [0.29, 0.717) is 48.6 Å². The lowest BCUT2D eigenvalue weighted by molar-refractivity contribution is -0.205. The van der Waals surface area contributed by atoms with E-state index in [0.717, 1.165) is 11.1 Å². The average molecular weight is 446 g/mol. The van der Waals surface area contributed by atoms with E-state index in [1.165, 1.54) is 12.1 Å². The fraction of sp³-hybridized carbons (Fsp3) is 0.240. The van der Waals surface area contributed by atoms with Crippen LogP contribution in [-0.4, -0.2) is 33.1 Å². The Hall–Kier alpha value is -3.62. The lowest BCUT2D eigenvalue weighted by Crippen LogP contribution is -2.25. The molecule has 1 saturated heterocycles. The third-order valence-electron chi connectivity index (χ3n) is 5.23. The number of halogens is 1. The number of hydrogen-bond acceptors (Lipinski definition) is 6. The van der Waals surface area contributed by atoms with E-state index in [2.05, 4.69) is 21.9 Å². The van der Waals surface area contributed by atoms with Gasteiger partial charge in [-0.15, -0.1) is 0 Å². The van der Waals surface area contributed by atoms with Crippen LogP contribution in [0.25, 0.3) is 22.6 Å². The van der Waals surface area contributed by atoms with Crippen LogP contribution in [0.5, 0.6) is 6.01 Å². The highest BCUT2D eigenvalue weighted by atomic mass is 19.1. The van der Waals surface area contributed by atoms with Crippen molar-refractivity contribution in [2.45, 2.75) is 19.8 Å². The SMILES string of the molecule is CC1COC(c2nc(-c3ccc(F)cc3)c(-c3ccnc(OCc4ccccc4)n3)[nH]2)OC1. The van der Waals surface area contributed by atoms with Gasteiger partial charge >= 0.3 is 6.01 Å². The van der Waals surface area contributed by atoms with Crippen molar-refractivity contribution in [2.75, 3.05) is 13.2 Å². The molecule has 0 saturated carbocycles. The lowest BCUT2D eigenvalue weighted by atomic mass is 10.1. The Labute approximate surface area is 190 Å². The molecule has 4 aromatic rings. The van der Waals surface area contributed by atoms with Gasteiger partial charge in [0, 0.05) is 17.7 Å². The van der Waals surface area contributed by atoms with Crippen molar-refractivity contribution < 1.29 is 18.6 Å². The maximum Gasteiger partial charge on any atom is 0.317 e. The highest BCUT2D eigenvalue weighted by molar-refractivity contribution is 5.76. The Morgan fingerprint density at radius 2 is 1.76 bits per heavy atom. The summed E-state index contributed by atoms with van der Waals surface area (Å²) in [6.07, 6.45) is 1.03. The number of aromatic amines is 1. The normalized spacial score (nSPS) is 18.2. The summed E-state index contributed by atoms with van der Waals surface area (Å²) >= 11 is 0. The number of ether oxygens (including phenoxy) is 3. The van der Waals surface area contributed by atoms with E-state index in [1.807, 2.05) is 30.3 Å². The molecule has 3 heterocycles. The van der Waals surface area contributed by atoms with Gasteiger partial charge in [-0.3, -0.25) is 0 Å². The minimum Gasteiger partial charge on any atom is -0.459 e. The fourth-order valence-corrected chi connectivity index (χ4v) is 3.53. The molecule has 0 bridgehead atoms. The van der Waals surface area contributed by atoms with Crippen molar-refractivity contribution in [1.29, 1.82) is 0 Å². The van der Waals surface area contributed by atoms with Crippen LogP contribution < -0.4 is 4.74 Å². The maximum absolute atomic E-state index is 13.5. The summed E-state index contributed by atoms with van der Waals surface area (Å²) in [6.45, 7) is 3.58. The van der Waals surface area contributed by atoms with Gasteiger partial charge < -0.3 is 19.2 Å². The summed E-state index contributed by atoms with van der Waals surface area (Å²) in [7, 11) is 0. The first-order valence-electron chi connectivity index (χ1n) is 10.7. The van der Waals surface area contributed by atoms with Gasteiger partial charge in [-0.2, -0.15) is 4.98 Å². The van der Waals surface area contributed by atoms with Crippen LogP contribution in [0.3, 0.4) is 0 Å². The van der Waals surface area contributed by atoms with Crippen molar-refractivity contribution in [1.82, 2.24) is 19.9 Å². The van der Waals surface area contributed by atoms with Crippen molar-refractivity contribution in [3.05, 3.63) is 84.1 Å². The van der Waals surface area contributed by atoms with Crippen LogP contribution in [0, 0.1) is 11.7 Å². The molecule has 8 heteroatoms. The van der Waals surface area contributed by atoms with E-state index < -0.39 is 6.29 Å². The molecule has 33 heavy (non-hydrogen) atoms. The first kappa shape index (κ1) is 21.2. The monoisotopic (exact) mass is 446 g/mol. The molecule has 1 fully saturated rings. The zero-order chi connectivity index (χ0) is 22.6. The molecule has 0 unspecified atom stereocenters. The molecule has 1 aliphatic rings. The second-order valence-corrected chi connectivity index (χ2v) is 7.96. The third-order valence-corrected chi connectivity index (χ3v) is 5.23. The molecular weight excluding hydrogens is 423 g/mol. The Kier molecular flexibility index (Phi) is 6.10. The topological polar surface area (TPSA) is 82.2 Å². The molecule has 0 aliphatic carbocycles. The van der Waals surface area contributed by atoms with Crippen LogP contribution in [-0.2, 0) is 16.1 Å².